The number of carbonyl (C=O) groups excluding carboxylic acids is 1. The lowest BCUT2D eigenvalue weighted by Crippen LogP contribution is -2.34. The van der Waals surface area contributed by atoms with Crippen LogP contribution < -0.4 is 4.74 Å². The number of ether oxygens (including phenoxy) is 1. The summed E-state index contributed by atoms with van der Waals surface area (Å²) in [4.78, 5) is 50.8. The lowest BCUT2D eigenvalue weighted by molar-refractivity contribution is 0.0639. The number of hydrogen-bond acceptors (Lipinski definition) is 4. The van der Waals surface area contributed by atoms with E-state index in [1.807, 2.05) is 0 Å². The van der Waals surface area contributed by atoms with E-state index in [0.717, 1.165) is 0 Å². The highest BCUT2D eigenvalue weighted by molar-refractivity contribution is 7.70. The van der Waals surface area contributed by atoms with Gasteiger partial charge in [0.15, 0.2) is 11.2 Å². The molecule has 2 aromatic rings. The van der Waals surface area contributed by atoms with E-state index in [4.69, 9.17) is 4.74 Å². The maximum Gasteiger partial charge on any atom is 0.340 e. The quantitative estimate of drug-likeness (QED) is 0.550. The van der Waals surface area contributed by atoms with E-state index >= 15 is 0 Å². The summed E-state index contributed by atoms with van der Waals surface area (Å²) in [5.74, 6) is -1.32. The summed E-state index contributed by atoms with van der Waals surface area (Å²) in [6.07, 6.45) is -1.63. The second-order valence-electron chi connectivity index (χ2n) is 6.31. The standard InChI is InChI=1S/C17H18O8P2/c18-16-12-8-4-5-9-14(12)25-17(11-6-2-1-3-7-11)13(16)10-15(26(19,20)21)27(22,23)24/h1-9,13,15,17H,10H2,(H2,19,20,21)(H2,22,23,24)/t13-,17+/m1/s1. The fourth-order valence-electron chi connectivity index (χ4n) is 3.20. The van der Waals surface area contributed by atoms with Gasteiger partial charge in [0.1, 0.15) is 11.9 Å². The molecule has 0 saturated carbocycles. The van der Waals surface area contributed by atoms with Crippen molar-refractivity contribution in [2.24, 2.45) is 5.92 Å². The van der Waals surface area contributed by atoms with Gasteiger partial charge in [0, 0.05) is 0 Å². The third kappa shape index (κ3) is 4.22. The Balaban J connectivity index is 2.07. The zero-order valence-corrected chi connectivity index (χ0v) is 15.7. The number of carbonyl (C=O) groups is 1. The maximum absolute atomic E-state index is 13.0. The van der Waals surface area contributed by atoms with Gasteiger partial charge in [0.2, 0.25) is 0 Å². The smallest absolute Gasteiger partial charge is 0.340 e. The third-order valence-corrected chi connectivity index (χ3v) is 8.26. The summed E-state index contributed by atoms with van der Waals surface area (Å²) < 4.78 is 29.3. The Morgan fingerprint density at radius 3 is 2.04 bits per heavy atom. The first-order valence-electron chi connectivity index (χ1n) is 8.04. The number of para-hydroxylation sites is 1. The fraction of sp³-hybridized carbons (Fsp3) is 0.235. The van der Waals surface area contributed by atoms with Crippen LogP contribution in [0.15, 0.2) is 54.6 Å². The second kappa shape index (κ2) is 7.32. The highest BCUT2D eigenvalue weighted by atomic mass is 31.2. The molecule has 0 aliphatic carbocycles. The minimum Gasteiger partial charge on any atom is -0.484 e. The lowest BCUT2D eigenvalue weighted by Gasteiger charge is -2.34. The van der Waals surface area contributed by atoms with Gasteiger partial charge in [-0.1, -0.05) is 42.5 Å². The highest BCUT2D eigenvalue weighted by Crippen LogP contribution is 2.63. The number of rotatable bonds is 5. The Hall–Kier alpha value is -1.79. The molecular weight excluding hydrogens is 394 g/mol. The summed E-state index contributed by atoms with van der Waals surface area (Å²) in [6, 6.07) is 15.0. The lowest BCUT2D eigenvalue weighted by atomic mass is 9.84. The zero-order chi connectivity index (χ0) is 19.8. The Labute approximate surface area is 155 Å². The number of ketones is 1. The monoisotopic (exact) mass is 412 g/mol. The summed E-state index contributed by atoms with van der Waals surface area (Å²) in [7, 11) is -10.3. The Bertz CT molecular complexity index is 911. The van der Waals surface area contributed by atoms with Gasteiger partial charge in [-0.3, -0.25) is 13.9 Å². The van der Waals surface area contributed by atoms with Crippen molar-refractivity contribution in [3.05, 3.63) is 65.7 Å². The van der Waals surface area contributed by atoms with E-state index in [0.29, 0.717) is 11.3 Å². The molecule has 2 aromatic carbocycles. The van der Waals surface area contributed by atoms with Crippen LogP contribution in [0.3, 0.4) is 0 Å². The summed E-state index contributed by atoms with van der Waals surface area (Å²) >= 11 is 0. The first-order valence-corrected chi connectivity index (χ1v) is 11.4. The van der Waals surface area contributed by atoms with E-state index in [-0.39, 0.29) is 5.56 Å². The number of benzene rings is 2. The van der Waals surface area contributed by atoms with Crippen LogP contribution in [0.2, 0.25) is 0 Å². The van der Waals surface area contributed by atoms with Crippen molar-refractivity contribution < 1.29 is 38.2 Å². The van der Waals surface area contributed by atoms with Gasteiger partial charge in [0.05, 0.1) is 11.5 Å². The van der Waals surface area contributed by atoms with Crippen molar-refractivity contribution in [1.82, 2.24) is 0 Å². The van der Waals surface area contributed by atoms with Crippen molar-refractivity contribution in [3.8, 4) is 5.75 Å². The molecule has 4 N–H and O–H groups in total. The van der Waals surface area contributed by atoms with Crippen LogP contribution in [0.4, 0.5) is 0 Å². The van der Waals surface area contributed by atoms with Gasteiger partial charge in [-0.2, -0.15) is 0 Å². The summed E-state index contributed by atoms with van der Waals surface area (Å²) in [5, 5.41) is -2.28. The van der Waals surface area contributed by atoms with E-state index in [1.54, 1.807) is 48.5 Å². The molecule has 0 amide bonds. The largest absolute Gasteiger partial charge is 0.484 e. The molecule has 144 valence electrons. The molecule has 1 aliphatic heterocycles. The van der Waals surface area contributed by atoms with E-state index < -0.39 is 44.8 Å². The molecule has 1 aliphatic rings. The Morgan fingerprint density at radius 1 is 0.889 bits per heavy atom. The van der Waals surface area contributed by atoms with Crippen LogP contribution >= 0.6 is 15.2 Å². The van der Waals surface area contributed by atoms with Gasteiger partial charge >= 0.3 is 15.2 Å². The maximum atomic E-state index is 13.0. The van der Waals surface area contributed by atoms with Crippen molar-refractivity contribution in [3.63, 3.8) is 0 Å². The number of Topliss-reactive ketones (excluding diaryl/α,β-unsaturated/α-hetero) is 1. The summed E-state index contributed by atoms with van der Waals surface area (Å²) in [6.45, 7) is 0. The van der Waals surface area contributed by atoms with Crippen LogP contribution in [-0.2, 0) is 9.13 Å². The van der Waals surface area contributed by atoms with Crippen molar-refractivity contribution in [2.75, 3.05) is 0 Å². The molecule has 1 heterocycles. The highest BCUT2D eigenvalue weighted by Gasteiger charge is 2.49. The molecule has 27 heavy (non-hydrogen) atoms. The average molecular weight is 412 g/mol. The van der Waals surface area contributed by atoms with Crippen LogP contribution in [0.1, 0.15) is 28.4 Å². The van der Waals surface area contributed by atoms with Gasteiger partial charge in [0.25, 0.3) is 0 Å². The number of fused-ring (bicyclic) bond motifs is 1. The molecule has 0 bridgehead atoms. The molecule has 0 unspecified atom stereocenters. The molecule has 0 aromatic heterocycles. The molecule has 0 saturated heterocycles. The van der Waals surface area contributed by atoms with Crippen molar-refractivity contribution in [1.29, 1.82) is 0 Å². The minimum atomic E-state index is -5.16. The molecule has 8 nitrogen and oxygen atoms in total. The molecule has 0 spiro atoms. The molecular formula is C17H18O8P2. The van der Waals surface area contributed by atoms with Crippen molar-refractivity contribution in [2.45, 2.75) is 17.9 Å². The molecule has 10 heteroatoms. The molecule has 0 radical (unpaired) electrons. The Morgan fingerprint density at radius 2 is 1.44 bits per heavy atom. The topological polar surface area (TPSA) is 141 Å². The third-order valence-electron chi connectivity index (χ3n) is 4.48. The van der Waals surface area contributed by atoms with Crippen LogP contribution in [0.5, 0.6) is 5.75 Å². The first-order chi connectivity index (χ1) is 12.6. The van der Waals surface area contributed by atoms with Gasteiger partial charge in [-0.15, -0.1) is 0 Å². The van der Waals surface area contributed by atoms with Gasteiger partial charge in [-0.05, 0) is 24.1 Å². The van der Waals surface area contributed by atoms with E-state index in [1.165, 1.54) is 6.07 Å². The molecule has 2 atom stereocenters. The van der Waals surface area contributed by atoms with Crippen molar-refractivity contribution >= 4 is 21.0 Å². The number of hydrogen-bond donors (Lipinski definition) is 4. The second-order valence-corrected chi connectivity index (χ2v) is 10.3. The van der Waals surface area contributed by atoms with Gasteiger partial charge < -0.3 is 24.3 Å². The van der Waals surface area contributed by atoms with Gasteiger partial charge in [-0.25, -0.2) is 0 Å². The zero-order valence-electron chi connectivity index (χ0n) is 14.0. The predicted octanol–water partition coefficient (Wildman–Crippen LogP) is 2.69. The van der Waals surface area contributed by atoms with Crippen LogP contribution in [-0.4, -0.2) is 30.8 Å². The Kier molecular flexibility index (Phi) is 5.41. The average Bonchev–Trinajstić information content (AvgIpc) is 2.59. The first kappa shape index (κ1) is 20.0. The summed E-state index contributed by atoms with van der Waals surface area (Å²) in [5.41, 5.74) is 0.783. The minimum absolute atomic E-state index is 0.213. The van der Waals surface area contributed by atoms with E-state index in [9.17, 15) is 33.5 Å². The molecule has 3 rings (SSSR count). The van der Waals surface area contributed by atoms with E-state index in [2.05, 4.69) is 0 Å². The van der Waals surface area contributed by atoms with Crippen LogP contribution in [0, 0.1) is 5.92 Å². The fourth-order valence-corrected chi connectivity index (χ4v) is 5.77. The van der Waals surface area contributed by atoms with Crippen LogP contribution in [0.25, 0.3) is 0 Å². The molecule has 0 fully saturated rings. The predicted molar refractivity (Wildman–Crippen MR) is 96.6 cm³/mol. The SMILES string of the molecule is O=C1c2ccccc2O[C@@H](c2ccccc2)[C@@H]1CC(P(=O)(O)O)P(=O)(O)O. The normalized spacial score (nSPS) is 20.3.